The number of allylic oxidation sites excluding steroid dienone is 1. The molecule has 0 radical (unpaired) electrons. The number of rotatable bonds is 3. The first-order valence-corrected chi connectivity index (χ1v) is 8.23. The van der Waals surface area contributed by atoms with E-state index in [0.29, 0.717) is 16.3 Å². The number of aryl methyl sites for hydroxylation is 1. The van der Waals surface area contributed by atoms with E-state index >= 15 is 0 Å². The van der Waals surface area contributed by atoms with Crippen LogP contribution in [0.2, 0.25) is 0 Å². The predicted octanol–water partition coefficient (Wildman–Crippen LogP) is 5.54. The Morgan fingerprint density at radius 3 is 2.91 bits per heavy atom. The van der Waals surface area contributed by atoms with E-state index in [1.54, 1.807) is 6.08 Å². The number of halogens is 1. The van der Waals surface area contributed by atoms with Gasteiger partial charge in [-0.2, -0.15) is 5.26 Å². The number of nitrogens with zero attached hydrogens (tertiary/aromatic N) is 2. The average Bonchev–Trinajstić information content (AvgIpc) is 3.14. The van der Waals surface area contributed by atoms with Crippen LogP contribution in [0.25, 0.3) is 22.9 Å². The van der Waals surface area contributed by atoms with Crippen LogP contribution in [-0.2, 0) is 0 Å². The third-order valence-electron chi connectivity index (χ3n) is 3.02. The quantitative estimate of drug-likeness (QED) is 0.568. The van der Waals surface area contributed by atoms with Crippen molar-refractivity contribution in [3.63, 3.8) is 0 Å². The first-order chi connectivity index (χ1) is 10.7. The van der Waals surface area contributed by atoms with E-state index in [1.165, 1.54) is 11.3 Å². The van der Waals surface area contributed by atoms with Crippen LogP contribution in [0.1, 0.15) is 16.5 Å². The zero-order valence-electron chi connectivity index (χ0n) is 11.7. The minimum absolute atomic E-state index is 0.501. The molecule has 3 aromatic rings. The van der Waals surface area contributed by atoms with Crippen LogP contribution >= 0.6 is 27.3 Å². The van der Waals surface area contributed by atoms with E-state index in [4.69, 9.17) is 4.42 Å². The van der Waals surface area contributed by atoms with E-state index in [-0.39, 0.29) is 0 Å². The third-order valence-corrected chi connectivity index (χ3v) is 4.39. The Labute approximate surface area is 140 Å². The van der Waals surface area contributed by atoms with E-state index in [0.717, 1.165) is 21.5 Å². The lowest BCUT2D eigenvalue weighted by molar-refractivity contribution is 0.525. The van der Waals surface area contributed by atoms with E-state index < -0.39 is 0 Å². The molecule has 0 aliphatic heterocycles. The molecule has 3 nitrogen and oxygen atoms in total. The fourth-order valence-electron chi connectivity index (χ4n) is 1.99. The molecule has 2 heterocycles. The van der Waals surface area contributed by atoms with Gasteiger partial charge in [0.25, 0.3) is 0 Å². The van der Waals surface area contributed by atoms with Crippen molar-refractivity contribution < 1.29 is 4.42 Å². The molecule has 0 fully saturated rings. The van der Waals surface area contributed by atoms with Gasteiger partial charge in [0.15, 0.2) is 0 Å². The molecular weight excluding hydrogens is 360 g/mol. The number of hydrogen-bond acceptors (Lipinski definition) is 4. The first-order valence-electron chi connectivity index (χ1n) is 6.56. The molecule has 0 aliphatic carbocycles. The van der Waals surface area contributed by atoms with Gasteiger partial charge in [0.1, 0.15) is 22.6 Å². The zero-order valence-corrected chi connectivity index (χ0v) is 14.1. The Balaban J connectivity index is 1.95. The van der Waals surface area contributed by atoms with Crippen LogP contribution in [0, 0.1) is 18.3 Å². The summed E-state index contributed by atoms with van der Waals surface area (Å²) in [5.74, 6) is 1.48. The average molecular weight is 371 g/mol. The fourth-order valence-corrected chi connectivity index (χ4v) is 3.19. The molecule has 0 saturated carbocycles. The Hall–Kier alpha value is -2.16. The zero-order chi connectivity index (χ0) is 15.5. The Morgan fingerprint density at radius 1 is 1.36 bits per heavy atom. The largest absolute Gasteiger partial charge is 0.462 e. The fraction of sp³-hybridized carbons (Fsp3) is 0.0588. The van der Waals surface area contributed by atoms with Gasteiger partial charge < -0.3 is 4.42 Å². The maximum Gasteiger partial charge on any atom is 0.134 e. The Morgan fingerprint density at radius 2 is 2.23 bits per heavy atom. The lowest BCUT2D eigenvalue weighted by Gasteiger charge is -1.97. The summed E-state index contributed by atoms with van der Waals surface area (Å²) in [5, 5.41) is 12.0. The molecule has 5 heteroatoms. The summed E-state index contributed by atoms with van der Waals surface area (Å²) in [4.78, 5) is 4.56. The lowest BCUT2D eigenvalue weighted by Crippen LogP contribution is -1.82. The van der Waals surface area contributed by atoms with Gasteiger partial charge in [-0.05, 0) is 31.2 Å². The number of nitriles is 1. The van der Waals surface area contributed by atoms with Gasteiger partial charge in [-0.3, -0.25) is 0 Å². The summed E-state index contributed by atoms with van der Waals surface area (Å²) in [7, 11) is 0. The maximum atomic E-state index is 9.37. The third kappa shape index (κ3) is 3.19. The predicted molar refractivity (Wildman–Crippen MR) is 92.2 cm³/mol. The van der Waals surface area contributed by atoms with Crippen LogP contribution in [-0.4, -0.2) is 4.98 Å². The monoisotopic (exact) mass is 370 g/mol. The summed E-state index contributed by atoms with van der Waals surface area (Å²) in [5.41, 5.74) is 2.38. The summed E-state index contributed by atoms with van der Waals surface area (Å²) >= 11 is 4.90. The summed E-state index contributed by atoms with van der Waals surface area (Å²) in [6, 6.07) is 13.8. The van der Waals surface area contributed by atoms with Gasteiger partial charge in [0.2, 0.25) is 0 Å². The minimum Gasteiger partial charge on any atom is -0.462 e. The second kappa shape index (κ2) is 6.30. The first kappa shape index (κ1) is 14.8. The maximum absolute atomic E-state index is 9.37. The van der Waals surface area contributed by atoms with Crippen LogP contribution in [0.15, 0.2) is 50.7 Å². The molecule has 1 aromatic carbocycles. The van der Waals surface area contributed by atoms with Crippen molar-refractivity contribution in [2.45, 2.75) is 6.92 Å². The molecule has 0 N–H and O–H groups in total. The molecule has 108 valence electrons. The van der Waals surface area contributed by atoms with Crippen molar-refractivity contribution in [1.29, 1.82) is 5.26 Å². The summed E-state index contributed by atoms with van der Waals surface area (Å²) in [6.07, 6.45) is 1.72. The van der Waals surface area contributed by atoms with Crippen molar-refractivity contribution in [1.82, 2.24) is 4.98 Å². The van der Waals surface area contributed by atoms with Gasteiger partial charge in [0.05, 0.1) is 11.3 Å². The molecule has 0 bridgehead atoms. The molecule has 0 atom stereocenters. The minimum atomic E-state index is 0.501. The van der Waals surface area contributed by atoms with Crippen LogP contribution in [0.4, 0.5) is 0 Å². The molecule has 0 amide bonds. The van der Waals surface area contributed by atoms with Crippen molar-refractivity contribution in [2.24, 2.45) is 0 Å². The highest BCUT2D eigenvalue weighted by Gasteiger charge is 2.10. The summed E-state index contributed by atoms with van der Waals surface area (Å²) in [6.45, 7) is 1.87. The highest BCUT2D eigenvalue weighted by molar-refractivity contribution is 9.10. The molecule has 0 aliphatic rings. The van der Waals surface area contributed by atoms with E-state index in [2.05, 4.69) is 27.0 Å². The van der Waals surface area contributed by atoms with Crippen molar-refractivity contribution in [3.8, 4) is 17.3 Å². The molecule has 22 heavy (non-hydrogen) atoms. The van der Waals surface area contributed by atoms with Gasteiger partial charge in [-0.1, -0.05) is 28.1 Å². The lowest BCUT2D eigenvalue weighted by atomic mass is 10.2. The molecule has 0 saturated heterocycles. The Bertz CT molecular complexity index is 886. The van der Waals surface area contributed by atoms with Crippen LogP contribution in [0.5, 0.6) is 0 Å². The number of aromatic nitrogens is 1. The van der Waals surface area contributed by atoms with Crippen molar-refractivity contribution >= 4 is 38.9 Å². The van der Waals surface area contributed by atoms with Crippen LogP contribution < -0.4 is 0 Å². The molecule has 3 rings (SSSR count). The molecule has 0 spiro atoms. The second-order valence-corrected chi connectivity index (χ2v) is 6.44. The number of hydrogen-bond donors (Lipinski definition) is 0. The topological polar surface area (TPSA) is 49.8 Å². The second-order valence-electron chi connectivity index (χ2n) is 4.67. The van der Waals surface area contributed by atoms with Gasteiger partial charge in [-0.25, -0.2) is 4.98 Å². The highest BCUT2D eigenvalue weighted by atomic mass is 79.9. The molecular formula is C17H11BrN2OS. The molecule has 0 unspecified atom stereocenters. The Kier molecular flexibility index (Phi) is 4.23. The van der Waals surface area contributed by atoms with Crippen LogP contribution in [0.3, 0.4) is 0 Å². The van der Waals surface area contributed by atoms with E-state index in [1.807, 2.05) is 48.7 Å². The van der Waals surface area contributed by atoms with Gasteiger partial charge in [-0.15, -0.1) is 11.3 Å². The smallest absolute Gasteiger partial charge is 0.134 e. The number of furan rings is 1. The van der Waals surface area contributed by atoms with Gasteiger partial charge in [0, 0.05) is 21.5 Å². The standard InChI is InChI=1S/C17H11BrN2OS/c1-11-5-6-15(21-11)8-13(9-19)17-20-16(10-22-17)12-3-2-4-14(18)7-12/h2-8,10H,1H3. The van der Waals surface area contributed by atoms with E-state index in [9.17, 15) is 5.26 Å². The normalized spacial score (nSPS) is 11.4. The van der Waals surface area contributed by atoms with Gasteiger partial charge >= 0.3 is 0 Å². The number of thiazole rings is 1. The van der Waals surface area contributed by atoms with Crippen molar-refractivity contribution in [2.75, 3.05) is 0 Å². The summed E-state index contributed by atoms with van der Waals surface area (Å²) < 4.78 is 6.49. The molecule has 2 aromatic heterocycles. The highest BCUT2D eigenvalue weighted by Crippen LogP contribution is 2.28. The number of benzene rings is 1. The SMILES string of the molecule is Cc1ccc(C=C(C#N)c2nc(-c3cccc(Br)c3)cs2)o1. The van der Waals surface area contributed by atoms with Crippen molar-refractivity contribution in [3.05, 3.63) is 62.8 Å².